The molecule has 177 valence electrons. The number of carboxylic acid groups (broad SMARTS) is 1. The summed E-state index contributed by atoms with van der Waals surface area (Å²) in [4.78, 5) is 25.6. The number of aromatic nitrogens is 2. The summed E-state index contributed by atoms with van der Waals surface area (Å²) in [6.45, 7) is 6.14. The third-order valence-electron chi connectivity index (χ3n) is 7.05. The number of anilines is 1. The minimum absolute atomic E-state index is 0.00345. The van der Waals surface area contributed by atoms with Gasteiger partial charge in [0, 0.05) is 11.8 Å². The lowest BCUT2D eigenvalue weighted by Gasteiger charge is -2.43. The highest BCUT2D eigenvalue weighted by Gasteiger charge is 2.49. The van der Waals surface area contributed by atoms with Crippen LogP contribution in [0.5, 0.6) is 0 Å². The molecule has 1 saturated carbocycles. The molecule has 1 unspecified atom stereocenters. The third-order valence-corrected chi connectivity index (χ3v) is 7.81. The van der Waals surface area contributed by atoms with Gasteiger partial charge in [0.2, 0.25) is 11.0 Å². The number of carboxylic acids is 1. The van der Waals surface area contributed by atoms with Crippen LogP contribution < -0.4 is 5.32 Å². The Labute approximate surface area is 204 Å². The van der Waals surface area contributed by atoms with E-state index in [4.69, 9.17) is 0 Å². The van der Waals surface area contributed by atoms with Crippen molar-refractivity contribution in [2.45, 2.75) is 57.3 Å². The van der Waals surface area contributed by atoms with E-state index in [1.165, 1.54) is 11.3 Å². The molecule has 2 aromatic carbocycles. The van der Waals surface area contributed by atoms with Crippen LogP contribution in [-0.2, 0) is 15.0 Å². The van der Waals surface area contributed by atoms with Crippen LogP contribution in [0, 0.1) is 19.3 Å². The number of hydrogen-bond donors (Lipinski definition) is 2. The number of carbonyl (C=O) groups excluding carboxylic acids is 1. The van der Waals surface area contributed by atoms with Crippen molar-refractivity contribution >= 4 is 28.3 Å². The largest absolute Gasteiger partial charge is 0.481 e. The summed E-state index contributed by atoms with van der Waals surface area (Å²) in [7, 11) is 0. The fourth-order valence-corrected chi connectivity index (χ4v) is 6.06. The molecule has 4 rings (SSSR count). The summed E-state index contributed by atoms with van der Waals surface area (Å²) in [6.07, 6.45) is 4.29. The van der Waals surface area contributed by atoms with Gasteiger partial charge >= 0.3 is 5.97 Å². The molecule has 1 fully saturated rings. The van der Waals surface area contributed by atoms with Crippen LogP contribution in [0.1, 0.15) is 66.6 Å². The second-order valence-electron chi connectivity index (χ2n) is 9.24. The average molecular weight is 477 g/mol. The van der Waals surface area contributed by atoms with Gasteiger partial charge in [-0.2, -0.15) is 0 Å². The molecule has 0 saturated heterocycles. The lowest BCUT2D eigenvalue weighted by molar-refractivity contribution is -0.137. The number of benzene rings is 2. The first-order chi connectivity index (χ1) is 16.3. The standard InChI is InChI=1S/C27H30N3O3S/c1-19-10-6-7-13-22(19)27(17-14-23(31)32,21-11-4-3-5-12-21)18-26(15-8-9-16-26)24(33)28-25-30-29-20(2)34-25/h3-7,10-13H,1,8-9,14-18H2,2H3,(H,31,32)(H,28,30,33). The Morgan fingerprint density at radius 2 is 1.76 bits per heavy atom. The molecule has 1 heterocycles. The van der Waals surface area contributed by atoms with Gasteiger partial charge in [0.05, 0.1) is 5.41 Å². The molecule has 6 nitrogen and oxygen atoms in total. The summed E-state index contributed by atoms with van der Waals surface area (Å²) < 4.78 is 0. The molecular formula is C27H30N3O3S. The van der Waals surface area contributed by atoms with Crippen LogP contribution in [0.4, 0.5) is 5.13 Å². The maximum Gasteiger partial charge on any atom is 0.303 e. The van der Waals surface area contributed by atoms with Gasteiger partial charge in [0.15, 0.2) is 0 Å². The molecule has 0 spiro atoms. The predicted octanol–water partition coefficient (Wildman–Crippen LogP) is 5.77. The molecule has 2 N–H and O–H groups in total. The number of carbonyl (C=O) groups is 2. The van der Waals surface area contributed by atoms with Crippen molar-refractivity contribution in [1.82, 2.24) is 10.2 Å². The van der Waals surface area contributed by atoms with E-state index < -0.39 is 16.8 Å². The van der Waals surface area contributed by atoms with Gasteiger partial charge in [-0.15, -0.1) is 10.2 Å². The smallest absolute Gasteiger partial charge is 0.303 e. The van der Waals surface area contributed by atoms with Gasteiger partial charge in [-0.1, -0.05) is 78.8 Å². The highest BCUT2D eigenvalue weighted by Crippen LogP contribution is 2.53. The van der Waals surface area contributed by atoms with Crippen molar-refractivity contribution in [3.63, 3.8) is 0 Å². The van der Waals surface area contributed by atoms with Crippen molar-refractivity contribution in [2.24, 2.45) is 5.41 Å². The lowest BCUT2D eigenvalue weighted by atomic mass is 9.60. The van der Waals surface area contributed by atoms with E-state index in [-0.39, 0.29) is 12.3 Å². The number of amides is 1. The van der Waals surface area contributed by atoms with Crippen LogP contribution in [0.25, 0.3) is 0 Å². The average Bonchev–Trinajstić information content (AvgIpc) is 3.47. The molecule has 3 aromatic rings. The SMILES string of the molecule is [CH2]c1ccccc1C(CCC(=O)O)(CC1(C(=O)Nc2nnc(C)s2)CCCC1)c1ccccc1. The van der Waals surface area contributed by atoms with Gasteiger partial charge in [-0.05, 0) is 56.2 Å². The van der Waals surface area contributed by atoms with E-state index >= 15 is 0 Å². The molecule has 1 aliphatic rings. The number of aryl methyl sites for hydroxylation is 1. The lowest BCUT2D eigenvalue weighted by Crippen LogP contribution is -2.42. The number of rotatable bonds is 9. The summed E-state index contributed by atoms with van der Waals surface area (Å²) >= 11 is 1.36. The molecule has 0 aliphatic heterocycles. The first-order valence-electron chi connectivity index (χ1n) is 11.7. The van der Waals surface area contributed by atoms with Crippen molar-refractivity contribution in [1.29, 1.82) is 0 Å². The molecule has 1 aliphatic carbocycles. The van der Waals surface area contributed by atoms with Crippen molar-refractivity contribution in [2.75, 3.05) is 5.32 Å². The third kappa shape index (κ3) is 4.89. The summed E-state index contributed by atoms with van der Waals surface area (Å²) in [6, 6.07) is 17.9. The first kappa shape index (κ1) is 24.1. The van der Waals surface area contributed by atoms with Crippen LogP contribution in [-0.4, -0.2) is 27.2 Å². The molecule has 1 radical (unpaired) electrons. The Hall–Kier alpha value is -3.06. The van der Waals surface area contributed by atoms with E-state index in [9.17, 15) is 14.7 Å². The Morgan fingerprint density at radius 1 is 1.09 bits per heavy atom. The van der Waals surface area contributed by atoms with Crippen LogP contribution in [0.2, 0.25) is 0 Å². The Balaban J connectivity index is 1.83. The second-order valence-corrected chi connectivity index (χ2v) is 10.4. The molecule has 1 amide bonds. The van der Waals surface area contributed by atoms with E-state index in [2.05, 4.69) is 22.4 Å². The minimum Gasteiger partial charge on any atom is -0.481 e. The molecule has 7 heteroatoms. The topological polar surface area (TPSA) is 92.2 Å². The maximum absolute atomic E-state index is 13.8. The van der Waals surface area contributed by atoms with Crippen molar-refractivity contribution in [3.05, 3.63) is 83.2 Å². The Bertz CT molecular complexity index is 1150. The highest BCUT2D eigenvalue weighted by molar-refractivity contribution is 7.15. The van der Waals surface area contributed by atoms with Gasteiger partial charge in [0.25, 0.3) is 0 Å². The molecular weight excluding hydrogens is 446 g/mol. The van der Waals surface area contributed by atoms with E-state index in [0.717, 1.165) is 47.4 Å². The zero-order chi connectivity index (χ0) is 24.2. The fourth-order valence-electron chi connectivity index (χ4n) is 5.48. The summed E-state index contributed by atoms with van der Waals surface area (Å²) in [5.41, 5.74) is 1.53. The number of nitrogens with zero attached hydrogens (tertiary/aromatic N) is 2. The Kier molecular flexibility index (Phi) is 7.12. The summed E-state index contributed by atoms with van der Waals surface area (Å²) in [5.74, 6) is -0.908. The zero-order valence-corrected chi connectivity index (χ0v) is 20.2. The van der Waals surface area contributed by atoms with Gasteiger partial charge in [-0.25, -0.2) is 0 Å². The quantitative estimate of drug-likeness (QED) is 0.409. The fraction of sp³-hybridized carbons (Fsp3) is 0.370. The number of hydrogen-bond acceptors (Lipinski definition) is 5. The molecule has 1 aromatic heterocycles. The monoisotopic (exact) mass is 476 g/mol. The van der Waals surface area contributed by atoms with E-state index in [1.807, 2.05) is 61.5 Å². The predicted molar refractivity (Wildman–Crippen MR) is 134 cm³/mol. The molecule has 0 bridgehead atoms. The number of nitrogens with one attached hydrogen (secondary N) is 1. The Morgan fingerprint density at radius 3 is 2.38 bits per heavy atom. The van der Waals surface area contributed by atoms with E-state index in [1.54, 1.807) is 0 Å². The van der Waals surface area contributed by atoms with Crippen LogP contribution >= 0.6 is 11.3 Å². The van der Waals surface area contributed by atoms with Crippen molar-refractivity contribution in [3.8, 4) is 0 Å². The van der Waals surface area contributed by atoms with Crippen LogP contribution in [0.15, 0.2) is 54.6 Å². The first-order valence-corrected chi connectivity index (χ1v) is 12.5. The zero-order valence-electron chi connectivity index (χ0n) is 19.4. The van der Waals surface area contributed by atoms with Crippen LogP contribution in [0.3, 0.4) is 0 Å². The van der Waals surface area contributed by atoms with E-state index in [0.29, 0.717) is 18.0 Å². The van der Waals surface area contributed by atoms with Crippen molar-refractivity contribution < 1.29 is 14.7 Å². The minimum atomic E-state index is -0.851. The highest BCUT2D eigenvalue weighted by atomic mass is 32.1. The normalized spacial score (nSPS) is 16.6. The van der Waals surface area contributed by atoms with Gasteiger partial charge < -0.3 is 10.4 Å². The summed E-state index contributed by atoms with van der Waals surface area (Å²) in [5, 5.41) is 22.1. The second kappa shape index (κ2) is 10.1. The number of aliphatic carboxylic acids is 1. The maximum atomic E-state index is 13.8. The molecule has 1 atom stereocenters. The van der Waals surface area contributed by atoms with Gasteiger partial charge in [-0.3, -0.25) is 9.59 Å². The van der Waals surface area contributed by atoms with Gasteiger partial charge in [0.1, 0.15) is 5.01 Å². The molecule has 34 heavy (non-hydrogen) atoms.